The molecule has 0 bridgehead atoms. The topological polar surface area (TPSA) is 132 Å². The summed E-state index contributed by atoms with van der Waals surface area (Å²) in [6, 6.07) is -1.98. The number of nitrogens with two attached hydrogens (primary N) is 3. The Bertz CT molecular complexity index is 183. The molecule has 0 rings (SSSR count). The van der Waals surface area contributed by atoms with Crippen molar-refractivity contribution in [3.05, 3.63) is 0 Å². The molecule has 12 heavy (non-hydrogen) atoms. The van der Waals surface area contributed by atoms with Crippen LogP contribution in [0.2, 0.25) is 0 Å². The Hall–Kier alpha value is -0.980. The summed E-state index contributed by atoms with van der Waals surface area (Å²) in [6.45, 7) is -0.187. The first kappa shape index (κ1) is 11.0. The van der Waals surface area contributed by atoms with E-state index >= 15 is 0 Å². The SMILES string of the molecule is NCC(=O)C(N)CC(N)C(=O)O. The maximum Gasteiger partial charge on any atom is 0.320 e. The van der Waals surface area contributed by atoms with E-state index in [4.69, 9.17) is 22.3 Å². The number of carboxylic acids is 1. The Morgan fingerprint density at radius 2 is 1.75 bits per heavy atom. The molecule has 6 nitrogen and oxygen atoms in total. The van der Waals surface area contributed by atoms with Crippen molar-refractivity contribution in [3.8, 4) is 0 Å². The van der Waals surface area contributed by atoms with Gasteiger partial charge in [0.2, 0.25) is 0 Å². The summed E-state index contributed by atoms with van der Waals surface area (Å²) in [5.74, 6) is -1.55. The predicted molar refractivity (Wildman–Crippen MR) is 42.3 cm³/mol. The molecule has 6 heteroatoms. The van der Waals surface area contributed by atoms with Gasteiger partial charge in [0, 0.05) is 0 Å². The van der Waals surface area contributed by atoms with E-state index in [0.717, 1.165) is 0 Å². The molecule has 2 unspecified atom stereocenters. The van der Waals surface area contributed by atoms with Crippen molar-refractivity contribution in [2.45, 2.75) is 18.5 Å². The molecule has 0 aliphatic rings. The number of carboxylic acid groups (broad SMARTS) is 1. The molecule has 0 aromatic rings. The highest BCUT2D eigenvalue weighted by molar-refractivity contribution is 5.86. The number of carbonyl (C=O) groups is 2. The van der Waals surface area contributed by atoms with Crippen LogP contribution in [0.25, 0.3) is 0 Å². The summed E-state index contributed by atoms with van der Waals surface area (Å²) in [5.41, 5.74) is 15.4. The van der Waals surface area contributed by atoms with Crippen molar-refractivity contribution in [2.75, 3.05) is 6.54 Å². The number of carbonyl (C=O) groups excluding carboxylic acids is 1. The first-order chi connectivity index (χ1) is 5.49. The molecular formula is C6H13N3O3. The molecule has 0 radical (unpaired) electrons. The van der Waals surface area contributed by atoms with Gasteiger partial charge in [-0.15, -0.1) is 0 Å². The van der Waals surface area contributed by atoms with Crippen LogP contribution in [-0.2, 0) is 9.59 Å². The van der Waals surface area contributed by atoms with Crippen LogP contribution in [0.5, 0.6) is 0 Å². The van der Waals surface area contributed by atoms with E-state index in [2.05, 4.69) is 0 Å². The van der Waals surface area contributed by atoms with E-state index in [-0.39, 0.29) is 18.7 Å². The minimum Gasteiger partial charge on any atom is -0.480 e. The first-order valence-corrected chi connectivity index (χ1v) is 3.45. The molecule has 0 spiro atoms. The molecule has 0 saturated heterocycles. The molecule has 2 atom stereocenters. The Labute approximate surface area is 69.7 Å². The van der Waals surface area contributed by atoms with Gasteiger partial charge in [0.1, 0.15) is 6.04 Å². The van der Waals surface area contributed by atoms with Crippen molar-refractivity contribution >= 4 is 11.8 Å². The third kappa shape index (κ3) is 3.42. The zero-order valence-electron chi connectivity index (χ0n) is 6.56. The van der Waals surface area contributed by atoms with Crippen molar-refractivity contribution in [1.82, 2.24) is 0 Å². The summed E-state index contributed by atoms with van der Waals surface area (Å²) in [6.07, 6.45) is -0.0780. The third-order valence-corrected chi connectivity index (χ3v) is 1.44. The smallest absolute Gasteiger partial charge is 0.320 e. The average Bonchev–Trinajstić information content (AvgIpc) is 2.02. The molecule has 0 heterocycles. The lowest BCUT2D eigenvalue weighted by molar-refractivity contribution is -0.138. The number of ketones is 1. The number of aliphatic carboxylic acids is 1. The molecule has 0 aliphatic heterocycles. The zero-order valence-corrected chi connectivity index (χ0v) is 6.56. The molecule has 0 aromatic carbocycles. The fourth-order valence-electron chi connectivity index (χ4n) is 0.657. The second-order valence-electron chi connectivity index (χ2n) is 2.46. The van der Waals surface area contributed by atoms with E-state index in [1.807, 2.05) is 0 Å². The molecule has 0 saturated carbocycles. The summed E-state index contributed by atoms with van der Waals surface area (Å²) in [5, 5.41) is 8.36. The van der Waals surface area contributed by atoms with Crippen LogP contribution in [0.3, 0.4) is 0 Å². The van der Waals surface area contributed by atoms with Crippen LogP contribution in [0.15, 0.2) is 0 Å². The number of Topliss-reactive ketones (excluding diaryl/α,β-unsaturated/α-hetero) is 1. The molecule has 0 fully saturated rings. The maximum absolute atomic E-state index is 10.8. The normalized spacial score (nSPS) is 15.2. The van der Waals surface area contributed by atoms with Gasteiger partial charge in [-0.05, 0) is 6.42 Å². The lowest BCUT2D eigenvalue weighted by Crippen LogP contribution is -2.43. The van der Waals surface area contributed by atoms with Crippen molar-refractivity contribution in [3.63, 3.8) is 0 Å². The van der Waals surface area contributed by atoms with Gasteiger partial charge in [0.25, 0.3) is 0 Å². The monoisotopic (exact) mass is 175 g/mol. The highest BCUT2D eigenvalue weighted by Crippen LogP contribution is 1.94. The highest BCUT2D eigenvalue weighted by Gasteiger charge is 2.19. The fraction of sp³-hybridized carbons (Fsp3) is 0.667. The molecule has 0 aromatic heterocycles. The van der Waals surface area contributed by atoms with Gasteiger partial charge >= 0.3 is 5.97 Å². The maximum atomic E-state index is 10.8. The summed E-state index contributed by atoms with van der Waals surface area (Å²) < 4.78 is 0. The van der Waals surface area contributed by atoms with Gasteiger partial charge in [-0.3, -0.25) is 9.59 Å². The van der Waals surface area contributed by atoms with Crippen LogP contribution >= 0.6 is 0 Å². The van der Waals surface area contributed by atoms with Gasteiger partial charge in [0.15, 0.2) is 5.78 Å². The third-order valence-electron chi connectivity index (χ3n) is 1.44. The Kier molecular flexibility index (Phi) is 4.42. The van der Waals surface area contributed by atoms with Gasteiger partial charge < -0.3 is 22.3 Å². The van der Waals surface area contributed by atoms with Crippen LogP contribution in [0, 0.1) is 0 Å². The highest BCUT2D eigenvalue weighted by atomic mass is 16.4. The van der Waals surface area contributed by atoms with E-state index in [1.54, 1.807) is 0 Å². The second-order valence-corrected chi connectivity index (χ2v) is 2.46. The lowest BCUT2D eigenvalue weighted by Gasteiger charge is -2.11. The average molecular weight is 175 g/mol. The van der Waals surface area contributed by atoms with E-state index < -0.39 is 18.1 Å². The van der Waals surface area contributed by atoms with Crippen LogP contribution < -0.4 is 17.2 Å². The molecule has 7 N–H and O–H groups in total. The van der Waals surface area contributed by atoms with Crippen LogP contribution in [0.4, 0.5) is 0 Å². The largest absolute Gasteiger partial charge is 0.480 e. The lowest BCUT2D eigenvalue weighted by atomic mass is 10.1. The molecule has 0 amide bonds. The standard InChI is InChI=1S/C6H13N3O3/c7-2-5(10)3(8)1-4(9)6(11)12/h3-4H,1-2,7-9H2,(H,11,12). The fourth-order valence-corrected chi connectivity index (χ4v) is 0.657. The number of hydrogen-bond acceptors (Lipinski definition) is 5. The van der Waals surface area contributed by atoms with Crippen molar-refractivity contribution < 1.29 is 14.7 Å². The zero-order chi connectivity index (χ0) is 9.72. The van der Waals surface area contributed by atoms with E-state index in [1.165, 1.54) is 0 Å². The van der Waals surface area contributed by atoms with Gasteiger partial charge in [-0.25, -0.2) is 0 Å². The minimum absolute atomic E-state index is 0.0780. The Morgan fingerprint density at radius 3 is 2.08 bits per heavy atom. The van der Waals surface area contributed by atoms with Crippen LogP contribution in [0.1, 0.15) is 6.42 Å². The second kappa shape index (κ2) is 4.81. The summed E-state index contributed by atoms with van der Waals surface area (Å²) in [7, 11) is 0. The quantitative estimate of drug-likeness (QED) is 0.369. The van der Waals surface area contributed by atoms with Gasteiger partial charge in [-0.1, -0.05) is 0 Å². The molecule has 0 aliphatic carbocycles. The first-order valence-electron chi connectivity index (χ1n) is 3.45. The van der Waals surface area contributed by atoms with E-state index in [9.17, 15) is 9.59 Å². The van der Waals surface area contributed by atoms with Crippen molar-refractivity contribution in [2.24, 2.45) is 17.2 Å². The summed E-state index contributed by atoms with van der Waals surface area (Å²) in [4.78, 5) is 21.0. The Balaban J connectivity index is 3.91. The molecule has 70 valence electrons. The molecular weight excluding hydrogens is 162 g/mol. The predicted octanol–water partition coefficient (Wildman–Crippen LogP) is -2.36. The summed E-state index contributed by atoms with van der Waals surface area (Å²) >= 11 is 0. The van der Waals surface area contributed by atoms with Gasteiger partial charge in [-0.2, -0.15) is 0 Å². The number of rotatable bonds is 5. The Morgan fingerprint density at radius 1 is 1.25 bits per heavy atom. The minimum atomic E-state index is -1.17. The van der Waals surface area contributed by atoms with Crippen LogP contribution in [-0.4, -0.2) is 35.5 Å². The van der Waals surface area contributed by atoms with Crippen molar-refractivity contribution in [1.29, 1.82) is 0 Å². The van der Waals surface area contributed by atoms with E-state index in [0.29, 0.717) is 0 Å². The van der Waals surface area contributed by atoms with Gasteiger partial charge in [0.05, 0.1) is 12.6 Å². The number of hydrogen-bond donors (Lipinski definition) is 4.